The number of hydrogen-bond donors (Lipinski definition) is 3. The molecule has 0 aromatic heterocycles. The van der Waals surface area contributed by atoms with Crippen molar-refractivity contribution < 1.29 is 14.6 Å². The third-order valence-electron chi connectivity index (χ3n) is 3.00. The smallest absolute Gasteiger partial charge is 0.412 e. The van der Waals surface area contributed by atoms with Crippen LogP contribution >= 0.6 is 0 Å². The average Bonchev–Trinajstić information content (AvgIpc) is 2.35. The van der Waals surface area contributed by atoms with Crippen molar-refractivity contribution >= 4 is 11.8 Å². The predicted molar refractivity (Wildman–Crippen MR) is 79.8 cm³/mol. The van der Waals surface area contributed by atoms with Gasteiger partial charge in [0, 0.05) is 17.6 Å². The lowest BCUT2D eigenvalue weighted by molar-refractivity contribution is 0.0636. The maximum atomic E-state index is 11.7. The third-order valence-corrected chi connectivity index (χ3v) is 3.00. The first kappa shape index (κ1) is 16.5. The van der Waals surface area contributed by atoms with E-state index in [1.54, 1.807) is 32.9 Å². The molecule has 0 spiro atoms. The normalized spacial score (nSPS) is 14.5. The Labute approximate surface area is 120 Å². The number of benzene rings is 1. The number of aliphatic hydroxyl groups excluding tert-OH is 1. The number of carbonyl (C=O) groups excluding carboxylic acids is 1. The summed E-state index contributed by atoms with van der Waals surface area (Å²) in [5.41, 5.74) is 6.13. The molecule has 1 amide bonds. The van der Waals surface area contributed by atoms with Crippen molar-refractivity contribution in [1.29, 1.82) is 0 Å². The number of nitrogens with one attached hydrogen (secondary N) is 1. The molecule has 5 heteroatoms. The Morgan fingerprint density at radius 2 is 2.00 bits per heavy atom. The number of amides is 1. The Kier molecular flexibility index (Phi) is 5.14. The van der Waals surface area contributed by atoms with Gasteiger partial charge >= 0.3 is 6.09 Å². The van der Waals surface area contributed by atoms with Crippen LogP contribution in [-0.2, 0) is 10.2 Å². The zero-order valence-corrected chi connectivity index (χ0v) is 12.6. The van der Waals surface area contributed by atoms with Gasteiger partial charge in [-0.25, -0.2) is 4.79 Å². The van der Waals surface area contributed by atoms with Crippen LogP contribution in [0, 0.1) is 0 Å². The van der Waals surface area contributed by atoms with E-state index in [0.29, 0.717) is 12.2 Å². The minimum Gasteiger partial charge on any atom is -0.444 e. The maximum absolute atomic E-state index is 11.7. The molecule has 112 valence electrons. The molecule has 0 aliphatic heterocycles. The van der Waals surface area contributed by atoms with Gasteiger partial charge < -0.3 is 15.6 Å². The Morgan fingerprint density at radius 3 is 2.50 bits per heavy atom. The molecule has 4 N–H and O–H groups in total. The zero-order chi connectivity index (χ0) is 15.4. The Balaban J connectivity index is 2.86. The minimum atomic E-state index is -0.543. The molecule has 1 aromatic rings. The minimum absolute atomic E-state index is 0.0562. The van der Waals surface area contributed by atoms with Gasteiger partial charge in [0.25, 0.3) is 0 Å². The highest BCUT2D eigenvalue weighted by molar-refractivity contribution is 5.85. The summed E-state index contributed by atoms with van der Waals surface area (Å²) in [6, 6.07) is 7.25. The molecule has 0 aliphatic carbocycles. The molecule has 0 bridgehead atoms. The molecule has 0 saturated heterocycles. The first-order valence-electron chi connectivity index (χ1n) is 6.62. The van der Waals surface area contributed by atoms with Crippen molar-refractivity contribution in [3.05, 3.63) is 29.8 Å². The lowest BCUT2D eigenvalue weighted by Crippen LogP contribution is -2.35. The van der Waals surface area contributed by atoms with E-state index >= 15 is 0 Å². The molecule has 1 aromatic carbocycles. The molecular weight excluding hydrogens is 256 g/mol. The van der Waals surface area contributed by atoms with Crippen molar-refractivity contribution in [3.63, 3.8) is 0 Å². The number of ether oxygens (including phenoxy) is 1. The van der Waals surface area contributed by atoms with Gasteiger partial charge in [-0.1, -0.05) is 19.1 Å². The van der Waals surface area contributed by atoms with Crippen LogP contribution in [0.4, 0.5) is 10.5 Å². The van der Waals surface area contributed by atoms with E-state index in [9.17, 15) is 9.90 Å². The second kappa shape index (κ2) is 6.24. The van der Waals surface area contributed by atoms with Crippen molar-refractivity contribution in [2.24, 2.45) is 5.73 Å². The van der Waals surface area contributed by atoms with E-state index in [0.717, 1.165) is 5.56 Å². The Bertz CT molecular complexity index is 462. The van der Waals surface area contributed by atoms with E-state index in [2.05, 4.69) is 5.32 Å². The third kappa shape index (κ3) is 4.51. The zero-order valence-electron chi connectivity index (χ0n) is 12.6. The Morgan fingerprint density at radius 1 is 1.35 bits per heavy atom. The molecule has 1 atom stereocenters. The number of hydrogen-bond acceptors (Lipinski definition) is 4. The van der Waals surface area contributed by atoms with Crippen LogP contribution < -0.4 is 11.1 Å². The van der Waals surface area contributed by atoms with E-state index < -0.39 is 17.1 Å². The lowest BCUT2D eigenvalue weighted by atomic mass is 9.83. The van der Waals surface area contributed by atoms with E-state index in [-0.39, 0.29) is 6.61 Å². The quantitative estimate of drug-likeness (QED) is 0.789. The summed E-state index contributed by atoms with van der Waals surface area (Å²) in [5, 5.41) is 12.1. The van der Waals surface area contributed by atoms with Crippen LogP contribution in [0.25, 0.3) is 0 Å². The number of aliphatic hydroxyl groups is 1. The van der Waals surface area contributed by atoms with Crippen LogP contribution in [0.15, 0.2) is 24.3 Å². The van der Waals surface area contributed by atoms with Gasteiger partial charge in [0.2, 0.25) is 0 Å². The van der Waals surface area contributed by atoms with Gasteiger partial charge in [0.05, 0.1) is 6.61 Å². The summed E-state index contributed by atoms with van der Waals surface area (Å²) >= 11 is 0. The van der Waals surface area contributed by atoms with Crippen molar-refractivity contribution in [3.8, 4) is 0 Å². The molecule has 0 fully saturated rings. The molecule has 0 radical (unpaired) electrons. The van der Waals surface area contributed by atoms with Gasteiger partial charge in [-0.15, -0.1) is 0 Å². The van der Waals surface area contributed by atoms with Crippen LogP contribution in [0.3, 0.4) is 0 Å². The molecule has 1 unspecified atom stereocenters. The van der Waals surface area contributed by atoms with Crippen LogP contribution in [0.5, 0.6) is 0 Å². The van der Waals surface area contributed by atoms with E-state index in [1.165, 1.54) is 0 Å². The topological polar surface area (TPSA) is 84.6 Å². The summed E-state index contributed by atoms with van der Waals surface area (Å²) in [6.45, 7) is 7.55. The number of rotatable bonds is 4. The van der Waals surface area contributed by atoms with Crippen molar-refractivity contribution in [1.82, 2.24) is 0 Å². The fourth-order valence-electron chi connectivity index (χ4n) is 1.67. The first-order chi connectivity index (χ1) is 9.20. The van der Waals surface area contributed by atoms with Crippen LogP contribution in [-0.4, -0.2) is 30.0 Å². The molecule has 0 heterocycles. The van der Waals surface area contributed by atoms with Gasteiger partial charge in [0.1, 0.15) is 5.60 Å². The summed E-state index contributed by atoms with van der Waals surface area (Å²) in [6.07, 6.45) is -0.506. The largest absolute Gasteiger partial charge is 0.444 e. The standard InChI is InChI=1S/C15H24N2O3/c1-14(2,3)20-13(19)17-12-7-5-6-11(8-12)15(4,9-16)10-18/h5-8,18H,9-10,16H2,1-4H3,(H,17,19). The summed E-state index contributed by atoms with van der Waals surface area (Å²) in [4.78, 5) is 11.7. The molecular formula is C15H24N2O3. The molecule has 0 saturated carbocycles. The second-order valence-corrected chi connectivity index (χ2v) is 6.13. The molecule has 5 nitrogen and oxygen atoms in total. The fraction of sp³-hybridized carbons (Fsp3) is 0.533. The highest BCUT2D eigenvalue weighted by atomic mass is 16.6. The van der Waals surface area contributed by atoms with Gasteiger partial charge in [-0.2, -0.15) is 0 Å². The summed E-state index contributed by atoms with van der Waals surface area (Å²) < 4.78 is 5.20. The van der Waals surface area contributed by atoms with Crippen molar-refractivity contribution in [2.75, 3.05) is 18.5 Å². The van der Waals surface area contributed by atoms with Crippen molar-refractivity contribution in [2.45, 2.75) is 38.7 Å². The van der Waals surface area contributed by atoms with Gasteiger partial charge in [-0.3, -0.25) is 5.32 Å². The SMILES string of the molecule is CC(C)(C)OC(=O)Nc1cccc(C(C)(CN)CO)c1. The highest BCUT2D eigenvalue weighted by Gasteiger charge is 2.24. The van der Waals surface area contributed by atoms with E-state index in [4.69, 9.17) is 10.5 Å². The van der Waals surface area contributed by atoms with Gasteiger partial charge in [0.15, 0.2) is 0 Å². The highest BCUT2D eigenvalue weighted by Crippen LogP contribution is 2.24. The van der Waals surface area contributed by atoms with Gasteiger partial charge in [-0.05, 0) is 38.5 Å². The predicted octanol–water partition coefficient (Wildman–Crippen LogP) is 2.24. The van der Waals surface area contributed by atoms with Crippen LogP contribution in [0.1, 0.15) is 33.3 Å². The Hall–Kier alpha value is -1.59. The van der Waals surface area contributed by atoms with E-state index in [1.807, 2.05) is 19.1 Å². The number of anilines is 1. The summed E-state index contributed by atoms with van der Waals surface area (Å²) in [5.74, 6) is 0. The molecule has 0 aliphatic rings. The monoisotopic (exact) mass is 280 g/mol. The average molecular weight is 280 g/mol. The molecule has 20 heavy (non-hydrogen) atoms. The second-order valence-electron chi connectivity index (χ2n) is 6.13. The lowest BCUT2D eigenvalue weighted by Gasteiger charge is -2.26. The fourth-order valence-corrected chi connectivity index (χ4v) is 1.67. The first-order valence-corrected chi connectivity index (χ1v) is 6.62. The number of carbonyl (C=O) groups is 1. The molecule has 1 rings (SSSR count). The van der Waals surface area contributed by atoms with Crippen LogP contribution in [0.2, 0.25) is 0 Å². The summed E-state index contributed by atoms with van der Waals surface area (Å²) in [7, 11) is 0. The maximum Gasteiger partial charge on any atom is 0.412 e. The number of nitrogens with two attached hydrogens (primary N) is 1.